The van der Waals surface area contributed by atoms with Crippen molar-refractivity contribution >= 4 is 141 Å². The molecule has 12 heteroatoms. The van der Waals surface area contributed by atoms with E-state index in [0.29, 0.717) is 34.9 Å². The summed E-state index contributed by atoms with van der Waals surface area (Å²) in [4.78, 5) is 31.3. The van der Waals surface area contributed by atoms with Gasteiger partial charge in [0.15, 0.2) is 34.9 Å². The van der Waals surface area contributed by atoms with Gasteiger partial charge in [0.25, 0.3) is 0 Å². The first-order valence-electron chi connectivity index (χ1n) is 38.1. The number of aromatic nitrogens is 8. The molecular weight excluding hydrogens is 1420 g/mol. The maximum absolute atomic E-state index is 6.89. The van der Waals surface area contributed by atoms with E-state index in [0.717, 1.165) is 160 Å². The first-order valence-corrected chi connectivity index (χ1v) is 38.9. The fraction of sp³-hybridized carbons (Fsp3) is 0. The maximum Gasteiger partial charge on any atom is 0.167 e. The van der Waals surface area contributed by atoms with Crippen LogP contribution in [-0.2, 0) is 0 Å². The molecule has 0 unspecified atom stereocenters. The molecule has 24 aromatic rings. The first kappa shape index (κ1) is 64.7. The highest BCUT2D eigenvalue weighted by molar-refractivity contribution is 7.26. The van der Waals surface area contributed by atoms with Gasteiger partial charge in [-0.15, -0.1) is 11.3 Å². The maximum atomic E-state index is 6.89. The van der Waals surface area contributed by atoms with Crippen LogP contribution in [-0.4, -0.2) is 39.0 Å². The highest BCUT2D eigenvalue weighted by Gasteiger charge is 2.27. The van der Waals surface area contributed by atoms with Crippen molar-refractivity contribution in [2.45, 2.75) is 0 Å². The van der Waals surface area contributed by atoms with Crippen molar-refractivity contribution in [3.05, 3.63) is 364 Å². The Labute approximate surface area is 654 Å². The topological polar surface area (TPSA) is 127 Å². The lowest BCUT2D eigenvalue weighted by atomic mass is 9.99. The van der Waals surface area contributed by atoms with Crippen molar-refractivity contribution in [1.29, 1.82) is 0 Å². The summed E-state index contributed by atoms with van der Waals surface area (Å²) < 4.78 is 27.4. The Kier molecular flexibility index (Phi) is 14.9. The molecule has 0 radical (unpaired) electrons. The number of hydrogen-bond acceptors (Lipinski definition) is 10. The molecule has 0 saturated heterocycles. The highest BCUT2D eigenvalue weighted by atomic mass is 32.1. The summed E-state index contributed by atoms with van der Waals surface area (Å²) in [5, 5.41) is 13.1. The molecule has 8 heterocycles. The first-order chi connectivity index (χ1) is 56.5. The smallest absolute Gasteiger partial charge is 0.167 e. The molecule has 0 aliphatic rings. The molecule has 0 fully saturated rings. The summed E-state index contributed by atoms with van der Waals surface area (Å²) in [6.45, 7) is 0. The van der Waals surface area contributed by atoms with Crippen molar-refractivity contribution in [2.75, 3.05) is 0 Å². The van der Waals surface area contributed by atoms with Gasteiger partial charge in [0, 0.05) is 124 Å². The molecule has 0 aliphatic heterocycles. The minimum absolute atomic E-state index is 0.532. The van der Waals surface area contributed by atoms with Crippen LogP contribution in [0.3, 0.4) is 0 Å². The SMILES string of the molecule is c1ccc(-c2nc(-c3cccc4c3oc3ccccc34)nc(-c3cccc4oc5c(-c6ccccc6)cc(-n6c7ccccc7c7ccccc76)cc5c34)n2)cc1.c1ccc(-c2nc(-c3cccc4oc5c(-c6ccccc6)cc(-n6c7ccccc7c7ccccc76)cc5c34)nc(-c3cccc4sc5ccccc5c34)n2)cc1. The molecule has 24 rings (SSSR count). The summed E-state index contributed by atoms with van der Waals surface area (Å²) in [7, 11) is 0. The van der Waals surface area contributed by atoms with Crippen molar-refractivity contribution < 1.29 is 13.3 Å². The lowest BCUT2D eigenvalue weighted by Gasteiger charge is -2.12. The van der Waals surface area contributed by atoms with Crippen molar-refractivity contribution in [1.82, 2.24) is 39.0 Å². The van der Waals surface area contributed by atoms with E-state index in [1.54, 1.807) is 11.3 Å². The van der Waals surface area contributed by atoms with Gasteiger partial charge >= 0.3 is 0 Å². The Bertz CT molecular complexity index is 7880. The Balaban J connectivity index is 0.000000135. The third kappa shape index (κ3) is 10.5. The lowest BCUT2D eigenvalue weighted by Crippen LogP contribution is -2.00. The third-order valence-corrected chi connectivity index (χ3v) is 23.2. The van der Waals surface area contributed by atoms with E-state index in [2.05, 4.69) is 264 Å². The summed E-state index contributed by atoms with van der Waals surface area (Å²) >= 11 is 1.79. The predicted molar refractivity (Wildman–Crippen MR) is 467 cm³/mol. The molecule has 11 nitrogen and oxygen atoms in total. The molecule has 16 aromatic carbocycles. The third-order valence-electron chi connectivity index (χ3n) is 22.1. The van der Waals surface area contributed by atoms with Gasteiger partial charge in [-0.05, 0) is 96.1 Å². The fourth-order valence-electron chi connectivity index (χ4n) is 17.1. The summed E-state index contributed by atoms with van der Waals surface area (Å²) in [6.07, 6.45) is 0. The second kappa shape index (κ2) is 26.2. The number of hydrogen-bond donors (Lipinski definition) is 0. The molecule has 0 N–H and O–H groups in total. The molecule has 0 aliphatic carbocycles. The monoisotopic (exact) mass is 1480 g/mol. The zero-order valence-corrected chi connectivity index (χ0v) is 61.7. The van der Waals surface area contributed by atoms with Gasteiger partial charge in [0.05, 0.1) is 27.6 Å². The minimum atomic E-state index is 0.532. The zero-order chi connectivity index (χ0) is 74.9. The number of nitrogens with zero attached hydrogens (tertiary/aromatic N) is 8. The Morgan fingerprint density at radius 2 is 0.518 bits per heavy atom. The molecular formula is C102H60N8O3S. The van der Waals surface area contributed by atoms with E-state index in [9.17, 15) is 0 Å². The summed E-state index contributed by atoms with van der Waals surface area (Å²) in [6, 6.07) is 126. The van der Waals surface area contributed by atoms with Gasteiger partial charge < -0.3 is 22.4 Å². The van der Waals surface area contributed by atoms with E-state index in [-0.39, 0.29) is 0 Å². The van der Waals surface area contributed by atoms with Crippen LogP contribution in [0.2, 0.25) is 0 Å². The minimum Gasteiger partial charge on any atom is -0.455 e. The van der Waals surface area contributed by atoms with E-state index >= 15 is 0 Å². The highest BCUT2D eigenvalue weighted by Crippen LogP contribution is 2.48. The molecule has 114 heavy (non-hydrogen) atoms. The van der Waals surface area contributed by atoms with Gasteiger partial charge in [-0.1, -0.05) is 279 Å². The number of rotatable bonds is 10. The standard InChI is InChI=1S/C51H30N4O2.C51H30N4OS/c1-3-15-31(16-4-1)40-29-33(55-42-25-10-7-19-34(42)35-20-8-11-26-43(35)55)30-41-46-38(23-14-28-45(46)57-48(40)41)50-52-49(32-17-5-2-6-18-32)53-51(54-50)39-24-13-22-37-36-21-9-12-27-44(36)56-47(37)39;1-3-15-31(16-4-1)39-29-33(55-41-24-10-7-19-34(41)35-20-8-11-25-42(35)55)30-40-46-37(22-13-26-43(46)56-48(39)40)50-52-49(32-17-5-2-6-18-32)53-51(54-50)38-23-14-28-45-47(38)36-21-9-12-27-44(36)57-45/h2*1-30H. The van der Waals surface area contributed by atoms with Gasteiger partial charge in [-0.25, -0.2) is 29.9 Å². The van der Waals surface area contributed by atoms with Crippen LogP contribution >= 0.6 is 11.3 Å². The molecule has 0 spiro atoms. The van der Waals surface area contributed by atoms with Crippen LogP contribution in [0.25, 0.3) is 232 Å². The van der Waals surface area contributed by atoms with Crippen LogP contribution in [0.5, 0.6) is 0 Å². The van der Waals surface area contributed by atoms with Crippen LogP contribution in [0.15, 0.2) is 377 Å². The Hall–Kier alpha value is -15.2. The van der Waals surface area contributed by atoms with Crippen molar-refractivity contribution in [3.63, 3.8) is 0 Å². The molecule has 0 bridgehead atoms. The lowest BCUT2D eigenvalue weighted by molar-refractivity contribution is 0.669. The van der Waals surface area contributed by atoms with Crippen LogP contribution < -0.4 is 0 Å². The molecule has 0 saturated carbocycles. The van der Waals surface area contributed by atoms with Crippen molar-refractivity contribution in [3.8, 4) is 102 Å². The quantitative estimate of drug-likeness (QED) is 0.131. The summed E-state index contributed by atoms with van der Waals surface area (Å²) in [5.74, 6) is 3.49. The Morgan fingerprint density at radius 1 is 0.202 bits per heavy atom. The number of fused-ring (bicyclic) bond motifs is 18. The van der Waals surface area contributed by atoms with E-state index in [1.165, 1.54) is 36.3 Å². The number of furan rings is 3. The Morgan fingerprint density at radius 3 is 0.991 bits per heavy atom. The van der Waals surface area contributed by atoms with Gasteiger partial charge in [-0.2, -0.15) is 0 Å². The largest absolute Gasteiger partial charge is 0.455 e. The van der Waals surface area contributed by atoms with E-state index in [4.69, 9.17) is 43.2 Å². The van der Waals surface area contributed by atoms with E-state index in [1.807, 2.05) is 109 Å². The molecule has 0 atom stereocenters. The van der Waals surface area contributed by atoms with Crippen LogP contribution in [0.1, 0.15) is 0 Å². The number of thiophene rings is 1. The average Bonchev–Trinajstić information content (AvgIpc) is 1.57. The second-order valence-corrected chi connectivity index (χ2v) is 29.8. The van der Waals surface area contributed by atoms with E-state index < -0.39 is 0 Å². The summed E-state index contributed by atoms with van der Waals surface area (Å²) in [5.41, 5.74) is 20.9. The second-order valence-electron chi connectivity index (χ2n) is 28.7. The van der Waals surface area contributed by atoms with Crippen molar-refractivity contribution in [2.24, 2.45) is 0 Å². The predicted octanol–water partition coefficient (Wildman–Crippen LogP) is 27.3. The number of para-hydroxylation sites is 6. The zero-order valence-electron chi connectivity index (χ0n) is 60.9. The van der Waals surface area contributed by atoms with Crippen LogP contribution in [0.4, 0.5) is 0 Å². The van der Waals surface area contributed by atoms with Gasteiger partial charge in [0.2, 0.25) is 0 Å². The normalized spacial score (nSPS) is 11.9. The number of benzene rings is 16. The van der Waals surface area contributed by atoms with Gasteiger partial charge in [0.1, 0.15) is 33.5 Å². The van der Waals surface area contributed by atoms with Crippen LogP contribution in [0, 0.1) is 0 Å². The van der Waals surface area contributed by atoms with Gasteiger partial charge in [-0.3, -0.25) is 0 Å². The average molecular weight is 1480 g/mol. The molecule has 8 aromatic heterocycles. The molecule has 0 amide bonds. The molecule has 532 valence electrons. The fourth-order valence-corrected chi connectivity index (χ4v) is 18.2.